The zero-order valence-corrected chi connectivity index (χ0v) is 13.5. The molecule has 1 fully saturated rings. The van der Waals surface area contributed by atoms with Gasteiger partial charge in [-0.2, -0.15) is 0 Å². The van der Waals surface area contributed by atoms with Crippen LogP contribution in [0.1, 0.15) is 43.1 Å². The third kappa shape index (κ3) is 3.04. The Kier molecular flexibility index (Phi) is 4.40. The molecule has 0 aromatic heterocycles. The van der Waals surface area contributed by atoms with Crippen molar-refractivity contribution in [1.29, 1.82) is 0 Å². The predicted molar refractivity (Wildman–Crippen MR) is 82.5 cm³/mol. The minimum Gasteiger partial charge on any atom is -0.496 e. The maximum absolute atomic E-state index is 14.7. The second-order valence-electron chi connectivity index (χ2n) is 6.33. The number of ether oxygens (including phenoxy) is 1. The number of rotatable bonds is 3. The van der Waals surface area contributed by atoms with E-state index in [4.69, 9.17) is 4.74 Å². The van der Waals surface area contributed by atoms with Gasteiger partial charge in [0.1, 0.15) is 5.75 Å². The van der Waals surface area contributed by atoms with Gasteiger partial charge in [-0.1, -0.05) is 20.8 Å². The van der Waals surface area contributed by atoms with Crippen LogP contribution in [0.15, 0.2) is 6.07 Å². The van der Waals surface area contributed by atoms with E-state index in [0.717, 1.165) is 4.90 Å². The minimum atomic E-state index is -0.839. The Morgan fingerprint density at radius 2 is 2.00 bits per heavy atom. The molecular weight excluding hydrogens is 303 g/mol. The first-order chi connectivity index (χ1) is 10.7. The van der Waals surface area contributed by atoms with Crippen LogP contribution in [0, 0.1) is 5.82 Å². The summed E-state index contributed by atoms with van der Waals surface area (Å²) in [5.41, 5.74) is -0.112. The highest BCUT2D eigenvalue weighted by atomic mass is 19.1. The number of nitrogens with one attached hydrogen (secondary N) is 1. The molecule has 7 heteroatoms. The zero-order valence-electron chi connectivity index (χ0n) is 13.5. The molecular formula is C16H19FN2O4. The van der Waals surface area contributed by atoms with Crippen molar-refractivity contribution in [2.75, 3.05) is 18.6 Å². The molecule has 0 unspecified atom stereocenters. The Morgan fingerprint density at radius 1 is 1.35 bits per heavy atom. The van der Waals surface area contributed by atoms with E-state index in [2.05, 4.69) is 5.32 Å². The van der Waals surface area contributed by atoms with Gasteiger partial charge in [-0.05, 0) is 11.5 Å². The van der Waals surface area contributed by atoms with Crippen LogP contribution >= 0.6 is 0 Å². The minimum absolute atomic E-state index is 0.0391. The van der Waals surface area contributed by atoms with Gasteiger partial charge in [0.2, 0.25) is 5.91 Å². The first kappa shape index (κ1) is 16.9. The number of carbonyl (C=O) groups excluding carboxylic acids is 3. The Labute approximate surface area is 133 Å². The molecule has 1 aromatic carbocycles. The van der Waals surface area contributed by atoms with Gasteiger partial charge >= 0.3 is 6.03 Å². The lowest BCUT2D eigenvalue weighted by Crippen LogP contribution is -2.50. The van der Waals surface area contributed by atoms with Crippen molar-refractivity contribution in [3.63, 3.8) is 0 Å². The average Bonchev–Trinajstić information content (AvgIpc) is 2.46. The van der Waals surface area contributed by atoms with E-state index in [-0.39, 0.29) is 30.0 Å². The standard InChI is InChI=1S/C16H19FN2O4/c1-16(2,3)10-7-11(13(17)9(8-20)14(10)23-4)19-6-5-12(21)18-15(19)22/h7-8H,5-6H2,1-4H3,(H,18,21,22). The van der Waals surface area contributed by atoms with E-state index < -0.39 is 23.2 Å². The van der Waals surface area contributed by atoms with Crippen molar-refractivity contribution in [2.45, 2.75) is 32.6 Å². The van der Waals surface area contributed by atoms with Crippen LogP contribution in [0.2, 0.25) is 0 Å². The maximum atomic E-state index is 14.7. The van der Waals surface area contributed by atoms with E-state index in [1.54, 1.807) is 0 Å². The number of urea groups is 1. The summed E-state index contributed by atoms with van der Waals surface area (Å²) in [5, 5.41) is 2.14. The number of nitrogens with zero attached hydrogens (tertiary/aromatic N) is 1. The van der Waals surface area contributed by atoms with Gasteiger partial charge in [0, 0.05) is 18.5 Å². The summed E-state index contributed by atoms with van der Waals surface area (Å²) in [7, 11) is 1.36. The number of aldehydes is 1. The Hall–Kier alpha value is -2.44. The third-order valence-corrected chi connectivity index (χ3v) is 3.71. The lowest BCUT2D eigenvalue weighted by molar-refractivity contribution is -0.120. The Morgan fingerprint density at radius 3 is 2.48 bits per heavy atom. The predicted octanol–water partition coefficient (Wildman–Crippen LogP) is 2.39. The van der Waals surface area contributed by atoms with E-state index in [1.807, 2.05) is 20.8 Å². The highest BCUT2D eigenvalue weighted by molar-refractivity contribution is 6.06. The molecule has 0 radical (unpaired) electrons. The number of hydrogen-bond acceptors (Lipinski definition) is 4. The molecule has 0 atom stereocenters. The third-order valence-electron chi connectivity index (χ3n) is 3.71. The molecule has 1 aliphatic rings. The van der Waals surface area contributed by atoms with Gasteiger partial charge < -0.3 is 4.74 Å². The van der Waals surface area contributed by atoms with E-state index in [1.165, 1.54) is 13.2 Å². The number of imide groups is 1. The molecule has 3 amide bonds. The molecule has 2 rings (SSSR count). The molecule has 1 N–H and O–H groups in total. The number of hydrogen-bond donors (Lipinski definition) is 1. The van der Waals surface area contributed by atoms with Crippen molar-refractivity contribution in [3.05, 3.63) is 23.0 Å². The summed E-state index contributed by atoms with van der Waals surface area (Å²) in [5.74, 6) is -1.09. The SMILES string of the molecule is COc1c(C(C)(C)C)cc(N2CCC(=O)NC2=O)c(F)c1C=O. The van der Waals surface area contributed by atoms with Gasteiger partial charge in [-0.25, -0.2) is 9.18 Å². The van der Waals surface area contributed by atoms with Gasteiger partial charge in [0.05, 0.1) is 18.4 Å². The van der Waals surface area contributed by atoms with E-state index >= 15 is 0 Å². The number of benzene rings is 1. The molecule has 1 saturated heterocycles. The lowest BCUT2D eigenvalue weighted by Gasteiger charge is -2.30. The molecule has 0 aliphatic carbocycles. The molecule has 1 heterocycles. The van der Waals surface area contributed by atoms with Crippen LogP contribution in [0.4, 0.5) is 14.9 Å². The smallest absolute Gasteiger partial charge is 0.328 e. The molecule has 0 bridgehead atoms. The quantitative estimate of drug-likeness (QED) is 0.867. The molecule has 1 aromatic rings. The first-order valence-corrected chi connectivity index (χ1v) is 7.18. The Balaban J connectivity index is 2.67. The fourth-order valence-corrected chi connectivity index (χ4v) is 2.52. The number of amides is 3. The van der Waals surface area contributed by atoms with Crippen LogP contribution in [-0.4, -0.2) is 31.9 Å². The molecule has 124 valence electrons. The number of methoxy groups -OCH3 is 1. The van der Waals surface area contributed by atoms with Crippen molar-refractivity contribution >= 4 is 23.9 Å². The normalized spacial score (nSPS) is 15.4. The number of anilines is 1. The average molecular weight is 322 g/mol. The van der Waals surface area contributed by atoms with E-state index in [0.29, 0.717) is 11.8 Å². The van der Waals surface area contributed by atoms with Gasteiger partial charge in [0.25, 0.3) is 0 Å². The first-order valence-electron chi connectivity index (χ1n) is 7.18. The number of halogens is 1. The summed E-state index contributed by atoms with van der Waals surface area (Å²) in [6.07, 6.45) is 0.443. The van der Waals surface area contributed by atoms with Gasteiger partial charge in [-0.3, -0.25) is 19.8 Å². The topological polar surface area (TPSA) is 75.7 Å². The summed E-state index contributed by atoms with van der Waals surface area (Å²) in [4.78, 5) is 35.7. The summed E-state index contributed by atoms with van der Waals surface area (Å²) >= 11 is 0. The highest BCUT2D eigenvalue weighted by Crippen LogP contribution is 2.39. The van der Waals surface area contributed by atoms with Crippen molar-refractivity contribution in [1.82, 2.24) is 5.32 Å². The maximum Gasteiger partial charge on any atom is 0.328 e. The summed E-state index contributed by atoms with van der Waals surface area (Å²) < 4.78 is 19.9. The Bertz CT molecular complexity index is 680. The van der Waals surface area contributed by atoms with E-state index in [9.17, 15) is 18.8 Å². The van der Waals surface area contributed by atoms with Crippen LogP contribution < -0.4 is 15.0 Å². The second kappa shape index (κ2) is 5.98. The van der Waals surface area contributed by atoms with Crippen LogP contribution in [-0.2, 0) is 10.2 Å². The molecule has 1 aliphatic heterocycles. The zero-order chi connectivity index (χ0) is 17.4. The van der Waals surface area contributed by atoms with Crippen LogP contribution in [0.3, 0.4) is 0 Å². The van der Waals surface area contributed by atoms with Crippen LogP contribution in [0.25, 0.3) is 0 Å². The molecule has 6 nitrogen and oxygen atoms in total. The molecule has 23 heavy (non-hydrogen) atoms. The molecule has 0 saturated carbocycles. The highest BCUT2D eigenvalue weighted by Gasteiger charge is 2.32. The summed E-state index contributed by atoms with van der Waals surface area (Å²) in [6, 6.07) is 0.790. The fraction of sp³-hybridized carbons (Fsp3) is 0.438. The largest absolute Gasteiger partial charge is 0.496 e. The second-order valence-corrected chi connectivity index (χ2v) is 6.33. The van der Waals surface area contributed by atoms with Crippen molar-refractivity contribution in [3.8, 4) is 5.75 Å². The summed E-state index contributed by atoms with van der Waals surface area (Å²) in [6.45, 7) is 5.72. The van der Waals surface area contributed by atoms with Gasteiger partial charge in [-0.15, -0.1) is 0 Å². The lowest BCUT2D eigenvalue weighted by atomic mass is 9.84. The van der Waals surface area contributed by atoms with Crippen molar-refractivity contribution < 1.29 is 23.5 Å². The monoisotopic (exact) mass is 322 g/mol. The van der Waals surface area contributed by atoms with Crippen LogP contribution in [0.5, 0.6) is 5.75 Å². The number of carbonyl (C=O) groups is 3. The molecule has 0 spiro atoms. The van der Waals surface area contributed by atoms with Gasteiger partial charge in [0.15, 0.2) is 12.1 Å². The fourth-order valence-electron chi connectivity index (χ4n) is 2.52. The van der Waals surface area contributed by atoms with Crippen molar-refractivity contribution in [2.24, 2.45) is 0 Å².